The third-order valence-electron chi connectivity index (χ3n) is 6.67. The molecule has 0 radical (unpaired) electrons. The Kier molecular flexibility index (Phi) is 4.72. The quantitative estimate of drug-likeness (QED) is 0.917. The summed E-state index contributed by atoms with van der Waals surface area (Å²) in [5.41, 5.74) is 2.03. The molecular formula is C21H30N2O2. The van der Waals surface area contributed by atoms with Crippen LogP contribution in [0.3, 0.4) is 0 Å². The molecule has 4 nitrogen and oxygen atoms in total. The highest BCUT2D eigenvalue weighted by atomic mass is 16.3. The molecule has 1 aliphatic heterocycles. The molecule has 25 heavy (non-hydrogen) atoms. The van der Waals surface area contributed by atoms with Crippen LogP contribution in [-0.2, 0) is 0 Å². The minimum absolute atomic E-state index is 0.112. The van der Waals surface area contributed by atoms with Crippen LogP contribution in [0, 0.1) is 11.8 Å². The summed E-state index contributed by atoms with van der Waals surface area (Å²) in [6, 6.07) is 8.51. The fourth-order valence-corrected chi connectivity index (χ4v) is 5.21. The summed E-state index contributed by atoms with van der Waals surface area (Å²) in [5, 5.41) is 9.80. The molecule has 1 aromatic carbocycles. The van der Waals surface area contributed by atoms with Crippen molar-refractivity contribution in [1.29, 1.82) is 0 Å². The van der Waals surface area contributed by atoms with Crippen LogP contribution in [0.1, 0.15) is 55.3 Å². The van der Waals surface area contributed by atoms with Crippen LogP contribution < -0.4 is 4.90 Å². The summed E-state index contributed by atoms with van der Waals surface area (Å²) in [5.74, 6) is 1.35. The van der Waals surface area contributed by atoms with Gasteiger partial charge in [0.1, 0.15) is 0 Å². The van der Waals surface area contributed by atoms with Crippen LogP contribution in [0.5, 0.6) is 0 Å². The lowest BCUT2D eigenvalue weighted by Gasteiger charge is -2.29. The maximum Gasteiger partial charge on any atom is 0.253 e. The number of benzene rings is 1. The van der Waals surface area contributed by atoms with Crippen molar-refractivity contribution in [2.24, 2.45) is 11.8 Å². The minimum Gasteiger partial charge on any atom is -0.393 e. The molecule has 1 saturated heterocycles. The Hall–Kier alpha value is -1.55. The van der Waals surface area contributed by atoms with Crippen LogP contribution in [0.2, 0.25) is 0 Å². The molecule has 2 unspecified atom stereocenters. The Bertz CT molecular complexity index is 595. The second-order valence-electron chi connectivity index (χ2n) is 8.28. The van der Waals surface area contributed by atoms with Gasteiger partial charge in [-0.25, -0.2) is 0 Å². The van der Waals surface area contributed by atoms with Gasteiger partial charge in [-0.1, -0.05) is 0 Å². The number of amides is 1. The van der Waals surface area contributed by atoms with Gasteiger partial charge in [0.25, 0.3) is 5.91 Å². The van der Waals surface area contributed by atoms with Gasteiger partial charge in [0.2, 0.25) is 0 Å². The van der Waals surface area contributed by atoms with E-state index in [1.165, 1.54) is 24.9 Å². The van der Waals surface area contributed by atoms with Gasteiger partial charge >= 0.3 is 0 Å². The number of piperidine rings is 1. The second kappa shape index (κ2) is 6.99. The number of nitrogens with zero attached hydrogens (tertiary/aromatic N) is 2. The fraction of sp³-hybridized carbons (Fsp3) is 0.667. The van der Waals surface area contributed by atoms with Gasteiger partial charge in [0.15, 0.2) is 0 Å². The topological polar surface area (TPSA) is 43.8 Å². The van der Waals surface area contributed by atoms with E-state index in [0.29, 0.717) is 17.9 Å². The maximum absolute atomic E-state index is 12.9. The standard InChI is InChI=1S/C21H30N2O2/c1-22(19-11-16-13-20(24)14-17(16)12-19)21(25)15-5-7-18(8-6-15)23-9-3-2-4-10-23/h5-8,16-17,19-20,24H,2-4,9-14H2,1H3/t16-,17+,19?,20?. The van der Waals surface area contributed by atoms with Crippen molar-refractivity contribution in [3.05, 3.63) is 29.8 Å². The van der Waals surface area contributed by atoms with Gasteiger partial charge in [-0.2, -0.15) is 0 Å². The molecule has 1 heterocycles. The third kappa shape index (κ3) is 3.41. The summed E-state index contributed by atoms with van der Waals surface area (Å²) in [6.07, 6.45) is 7.70. The van der Waals surface area contributed by atoms with Gasteiger partial charge in [-0.3, -0.25) is 4.79 Å². The number of rotatable bonds is 3. The Morgan fingerprint density at radius 2 is 1.60 bits per heavy atom. The number of hydrogen-bond donors (Lipinski definition) is 1. The van der Waals surface area contributed by atoms with Crippen molar-refractivity contribution < 1.29 is 9.90 Å². The first-order chi connectivity index (χ1) is 12.1. The van der Waals surface area contributed by atoms with E-state index in [9.17, 15) is 9.90 Å². The third-order valence-corrected chi connectivity index (χ3v) is 6.67. The zero-order valence-corrected chi connectivity index (χ0v) is 15.2. The van der Waals surface area contributed by atoms with E-state index in [0.717, 1.165) is 44.3 Å². The van der Waals surface area contributed by atoms with E-state index >= 15 is 0 Å². The molecule has 4 atom stereocenters. The summed E-state index contributed by atoms with van der Waals surface area (Å²) in [7, 11) is 1.95. The molecule has 3 aliphatic rings. The van der Waals surface area contributed by atoms with Crippen LogP contribution in [0.4, 0.5) is 5.69 Å². The Labute approximate surface area is 150 Å². The molecular weight excluding hydrogens is 312 g/mol. The summed E-state index contributed by atoms with van der Waals surface area (Å²) in [4.78, 5) is 17.2. The zero-order chi connectivity index (χ0) is 17.4. The van der Waals surface area contributed by atoms with Gasteiger partial charge in [-0.15, -0.1) is 0 Å². The number of anilines is 1. The molecule has 0 bridgehead atoms. The Balaban J connectivity index is 1.39. The Morgan fingerprint density at radius 1 is 1.00 bits per heavy atom. The van der Waals surface area contributed by atoms with E-state index < -0.39 is 0 Å². The van der Waals surface area contributed by atoms with Crippen molar-refractivity contribution in [1.82, 2.24) is 4.90 Å². The normalized spacial score (nSPS) is 31.8. The van der Waals surface area contributed by atoms with E-state index in [1.807, 2.05) is 24.1 Å². The highest BCUT2D eigenvalue weighted by Crippen LogP contribution is 2.45. The lowest BCUT2D eigenvalue weighted by atomic mass is 10.0. The molecule has 2 aliphatic carbocycles. The van der Waals surface area contributed by atoms with Crippen molar-refractivity contribution in [2.75, 3.05) is 25.0 Å². The molecule has 4 heteroatoms. The molecule has 0 spiro atoms. The monoisotopic (exact) mass is 342 g/mol. The number of carbonyl (C=O) groups excluding carboxylic acids is 1. The summed E-state index contributed by atoms with van der Waals surface area (Å²) >= 11 is 0. The molecule has 1 aromatic rings. The van der Waals surface area contributed by atoms with Gasteiger partial charge in [-0.05, 0) is 81.0 Å². The second-order valence-corrected chi connectivity index (χ2v) is 8.28. The first-order valence-corrected chi connectivity index (χ1v) is 9.92. The minimum atomic E-state index is -0.112. The fourth-order valence-electron chi connectivity index (χ4n) is 5.21. The first kappa shape index (κ1) is 16.9. The van der Waals surface area contributed by atoms with Crippen molar-refractivity contribution in [3.8, 4) is 0 Å². The number of fused-ring (bicyclic) bond motifs is 1. The maximum atomic E-state index is 12.9. The van der Waals surface area contributed by atoms with Crippen molar-refractivity contribution >= 4 is 11.6 Å². The SMILES string of the molecule is CN(C(=O)c1ccc(N2CCCCC2)cc1)C1C[C@H]2CC(O)C[C@H]2C1. The van der Waals surface area contributed by atoms with Gasteiger partial charge < -0.3 is 14.9 Å². The predicted octanol–water partition coefficient (Wildman–Crippen LogP) is 3.30. The van der Waals surface area contributed by atoms with Gasteiger partial charge in [0, 0.05) is 37.4 Å². The molecule has 1 amide bonds. The van der Waals surface area contributed by atoms with E-state index in [-0.39, 0.29) is 12.0 Å². The van der Waals surface area contributed by atoms with Crippen LogP contribution in [0.15, 0.2) is 24.3 Å². The number of hydrogen-bond acceptors (Lipinski definition) is 3. The average molecular weight is 342 g/mol. The lowest BCUT2D eigenvalue weighted by Crippen LogP contribution is -2.36. The molecule has 1 N–H and O–H groups in total. The molecule has 136 valence electrons. The predicted molar refractivity (Wildman–Crippen MR) is 99.8 cm³/mol. The van der Waals surface area contributed by atoms with E-state index in [2.05, 4.69) is 17.0 Å². The smallest absolute Gasteiger partial charge is 0.253 e. The highest BCUT2D eigenvalue weighted by Gasteiger charge is 2.43. The highest BCUT2D eigenvalue weighted by molar-refractivity contribution is 5.94. The van der Waals surface area contributed by atoms with Crippen LogP contribution in [-0.4, -0.2) is 48.2 Å². The van der Waals surface area contributed by atoms with Crippen LogP contribution >= 0.6 is 0 Å². The Morgan fingerprint density at radius 3 is 2.20 bits per heavy atom. The van der Waals surface area contributed by atoms with E-state index in [1.54, 1.807) is 0 Å². The van der Waals surface area contributed by atoms with Crippen molar-refractivity contribution in [3.63, 3.8) is 0 Å². The van der Waals surface area contributed by atoms with Crippen molar-refractivity contribution in [2.45, 2.75) is 57.1 Å². The lowest BCUT2D eigenvalue weighted by molar-refractivity contribution is 0.0722. The average Bonchev–Trinajstić information content (AvgIpc) is 3.19. The zero-order valence-electron chi connectivity index (χ0n) is 15.2. The molecule has 4 rings (SSSR count). The molecule has 3 fully saturated rings. The summed E-state index contributed by atoms with van der Waals surface area (Å²) in [6.45, 7) is 2.26. The summed E-state index contributed by atoms with van der Waals surface area (Å²) < 4.78 is 0. The van der Waals surface area contributed by atoms with E-state index in [4.69, 9.17) is 0 Å². The molecule has 2 saturated carbocycles. The van der Waals surface area contributed by atoms with Crippen LogP contribution in [0.25, 0.3) is 0 Å². The first-order valence-electron chi connectivity index (χ1n) is 9.92. The number of carbonyl (C=O) groups is 1. The largest absolute Gasteiger partial charge is 0.393 e. The molecule has 0 aromatic heterocycles. The van der Waals surface area contributed by atoms with Gasteiger partial charge in [0.05, 0.1) is 6.10 Å². The number of aliphatic hydroxyl groups excluding tert-OH is 1. The number of aliphatic hydroxyl groups is 1.